The normalized spacial score (nSPS) is 14.5. The van der Waals surface area contributed by atoms with E-state index in [9.17, 15) is 0 Å². The minimum absolute atomic E-state index is 0.744. The van der Waals surface area contributed by atoms with Gasteiger partial charge in [-0.15, -0.1) is 0 Å². The molecule has 0 amide bonds. The van der Waals surface area contributed by atoms with Gasteiger partial charge in [0, 0.05) is 21.9 Å². The Morgan fingerprint density at radius 3 is 3.18 bits per heavy atom. The molecule has 1 aromatic rings. The number of nitrogens with zero attached hydrogens (tertiary/aromatic N) is 2. The van der Waals surface area contributed by atoms with Gasteiger partial charge in [-0.2, -0.15) is 0 Å². The highest BCUT2D eigenvalue weighted by atomic mass is 79.9. The van der Waals surface area contributed by atoms with Crippen molar-refractivity contribution in [2.24, 2.45) is 4.99 Å². The zero-order chi connectivity index (χ0) is 7.84. The largest absolute Gasteiger partial charge is 0.283 e. The summed E-state index contributed by atoms with van der Waals surface area (Å²) in [5, 5.41) is 0. The molecule has 0 unspecified atom stereocenters. The van der Waals surface area contributed by atoms with Gasteiger partial charge in [-0.3, -0.25) is 9.98 Å². The smallest absolute Gasteiger partial charge is 0.0821 e. The van der Waals surface area contributed by atoms with Crippen LogP contribution in [0.5, 0.6) is 0 Å². The summed E-state index contributed by atoms with van der Waals surface area (Å²) < 4.78 is 1.02. The van der Waals surface area contributed by atoms with Gasteiger partial charge in [0.2, 0.25) is 0 Å². The summed E-state index contributed by atoms with van der Waals surface area (Å²) in [5.74, 6) is 0. The van der Waals surface area contributed by atoms with Gasteiger partial charge in [0.25, 0.3) is 0 Å². The maximum absolute atomic E-state index is 4.28. The van der Waals surface area contributed by atoms with Crippen molar-refractivity contribution in [2.45, 2.75) is 13.5 Å². The molecule has 0 saturated heterocycles. The van der Waals surface area contributed by atoms with Crippen LogP contribution in [0.1, 0.15) is 18.2 Å². The molecular formula is C8H7BrN2. The van der Waals surface area contributed by atoms with Crippen molar-refractivity contribution < 1.29 is 0 Å². The van der Waals surface area contributed by atoms with Crippen molar-refractivity contribution in [1.29, 1.82) is 0 Å². The molecule has 0 aliphatic carbocycles. The van der Waals surface area contributed by atoms with Crippen LogP contribution in [0.2, 0.25) is 0 Å². The summed E-state index contributed by atoms with van der Waals surface area (Å²) in [5.41, 5.74) is 3.36. The minimum atomic E-state index is 0.744. The third-order valence-corrected chi connectivity index (χ3v) is 2.23. The molecule has 1 aliphatic heterocycles. The van der Waals surface area contributed by atoms with Crippen LogP contribution in [0.3, 0.4) is 0 Å². The first-order valence-electron chi connectivity index (χ1n) is 3.43. The molecule has 2 rings (SSSR count). The number of hydrogen-bond donors (Lipinski definition) is 0. The second-order valence-electron chi connectivity index (χ2n) is 2.55. The fraction of sp³-hybridized carbons (Fsp3) is 0.250. The maximum atomic E-state index is 4.28. The molecule has 0 atom stereocenters. The third-order valence-electron chi connectivity index (χ3n) is 1.79. The minimum Gasteiger partial charge on any atom is -0.283 e. The number of fused-ring (bicyclic) bond motifs is 1. The van der Waals surface area contributed by atoms with Gasteiger partial charge in [-0.1, -0.05) is 0 Å². The van der Waals surface area contributed by atoms with E-state index in [4.69, 9.17) is 0 Å². The Labute approximate surface area is 73.5 Å². The molecule has 1 aliphatic rings. The first-order valence-corrected chi connectivity index (χ1v) is 4.22. The molecule has 0 radical (unpaired) electrons. The molecule has 11 heavy (non-hydrogen) atoms. The molecular weight excluding hydrogens is 204 g/mol. The van der Waals surface area contributed by atoms with Crippen molar-refractivity contribution in [1.82, 2.24) is 4.98 Å². The van der Waals surface area contributed by atoms with Crippen LogP contribution in [-0.2, 0) is 6.54 Å². The monoisotopic (exact) mass is 210 g/mol. The van der Waals surface area contributed by atoms with E-state index in [1.165, 1.54) is 5.56 Å². The number of aromatic nitrogens is 1. The van der Waals surface area contributed by atoms with Crippen LogP contribution in [0.15, 0.2) is 21.7 Å². The van der Waals surface area contributed by atoms with Gasteiger partial charge in [0.1, 0.15) is 0 Å². The SMILES string of the molecule is CC1=NCc2ncc(Br)cc21. The van der Waals surface area contributed by atoms with Crippen molar-refractivity contribution in [3.05, 3.63) is 28.0 Å². The van der Waals surface area contributed by atoms with E-state index < -0.39 is 0 Å². The quantitative estimate of drug-likeness (QED) is 0.645. The average Bonchev–Trinajstić information content (AvgIpc) is 2.33. The third kappa shape index (κ3) is 1.09. The van der Waals surface area contributed by atoms with E-state index in [2.05, 4.69) is 32.0 Å². The summed E-state index contributed by atoms with van der Waals surface area (Å²) >= 11 is 3.37. The topological polar surface area (TPSA) is 25.2 Å². The van der Waals surface area contributed by atoms with Gasteiger partial charge in [0.15, 0.2) is 0 Å². The summed E-state index contributed by atoms with van der Waals surface area (Å²) in [7, 11) is 0. The van der Waals surface area contributed by atoms with E-state index >= 15 is 0 Å². The van der Waals surface area contributed by atoms with Gasteiger partial charge in [-0.25, -0.2) is 0 Å². The molecule has 0 bridgehead atoms. The van der Waals surface area contributed by atoms with Gasteiger partial charge in [-0.05, 0) is 28.9 Å². The van der Waals surface area contributed by atoms with Crippen molar-refractivity contribution >= 4 is 21.6 Å². The Morgan fingerprint density at radius 1 is 1.55 bits per heavy atom. The van der Waals surface area contributed by atoms with Crippen molar-refractivity contribution in [2.75, 3.05) is 0 Å². The Bertz CT molecular complexity index is 331. The van der Waals surface area contributed by atoms with E-state index in [0.29, 0.717) is 0 Å². The fourth-order valence-electron chi connectivity index (χ4n) is 1.19. The Balaban J connectivity index is 2.60. The zero-order valence-electron chi connectivity index (χ0n) is 6.13. The maximum Gasteiger partial charge on any atom is 0.0821 e. The lowest BCUT2D eigenvalue weighted by atomic mass is 10.1. The highest BCUT2D eigenvalue weighted by molar-refractivity contribution is 9.10. The molecule has 3 heteroatoms. The molecule has 0 aromatic carbocycles. The van der Waals surface area contributed by atoms with E-state index in [0.717, 1.165) is 22.4 Å². The number of hydrogen-bond acceptors (Lipinski definition) is 2. The molecule has 0 N–H and O–H groups in total. The summed E-state index contributed by atoms with van der Waals surface area (Å²) in [6.45, 7) is 2.76. The van der Waals surface area contributed by atoms with E-state index in [1.807, 2.05) is 13.1 Å². The Hall–Kier alpha value is -0.700. The average molecular weight is 211 g/mol. The molecule has 2 nitrogen and oxygen atoms in total. The molecule has 0 saturated carbocycles. The highest BCUT2D eigenvalue weighted by Gasteiger charge is 2.12. The first-order chi connectivity index (χ1) is 5.27. The Kier molecular flexibility index (Phi) is 1.53. The molecule has 0 spiro atoms. The van der Waals surface area contributed by atoms with Gasteiger partial charge in [0.05, 0.1) is 12.2 Å². The molecule has 0 fully saturated rings. The summed E-state index contributed by atoms with van der Waals surface area (Å²) in [4.78, 5) is 8.53. The zero-order valence-corrected chi connectivity index (χ0v) is 7.72. The van der Waals surface area contributed by atoms with Crippen LogP contribution in [0, 0.1) is 0 Å². The van der Waals surface area contributed by atoms with Gasteiger partial charge < -0.3 is 0 Å². The van der Waals surface area contributed by atoms with E-state index in [-0.39, 0.29) is 0 Å². The van der Waals surface area contributed by atoms with Gasteiger partial charge >= 0.3 is 0 Å². The number of pyridine rings is 1. The summed E-state index contributed by atoms with van der Waals surface area (Å²) in [6.07, 6.45) is 1.81. The number of rotatable bonds is 0. The lowest BCUT2D eigenvalue weighted by molar-refractivity contribution is 1.02. The van der Waals surface area contributed by atoms with Crippen molar-refractivity contribution in [3.8, 4) is 0 Å². The van der Waals surface area contributed by atoms with Crippen LogP contribution in [0.25, 0.3) is 0 Å². The molecule has 1 aromatic heterocycles. The summed E-state index contributed by atoms with van der Waals surface area (Å²) in [6, 6.07) is 2.06. The molecule has 56 valence electrons. The van der Waals surface area contributed by atoms with E-state index in [1.54, 1.807) is 0 Å². The highest BCUT2D eigenvalue weighted by Crippen LogP contribution is 2.19. The van der Waals surface area contributed by atoms with Crippen LogP contribution in [0.4, 0.5) is 0 Å². The van der Waals surface area contributed by atoms with Crippen LogP contribution in [-0.4, -0.2) is 10.7 Å². The standard InChI is InChI=1S/C8H7BrN2/c1-5-7-2-6(9)3-11-8(7)4-10-5/h2-3H,4H2,1H3. The van der Waals surface area contributed by atoms with Crippen LogP contribution < -0.4 is 0 Å². The second-order valence-corrected chi connectivity index (χ2v) is 3.47. The lowest BCUT2D eigenvalue weighted by Gasteiger charge is -1.97. The van der Waals surface area contributed by atoms with Crippen molar-refractivity contribution in [3.63, 3.8) is 0 Å². The second kappa shape index (κ2) is 2.41. The predicted octanol–water partition coefficient (Wildman–Crippen LogP) is 2.17. The lowest BCUT2D eigenvalue weighted by Crippen LogP contribution is -1.93. The first kappa shape index (κ1) is 6.98. The number of halogens is 1. The van der Waals surface area contributed by atoms with Crippen LogP contribution >= 0.6 is 15.9 Å². The molecule has 2 heterocycles. The predicted molar refractivity (Wildman–Crippen MR) is 47.9 cm³/mol. The fourth-order valence-corrected chi connectivity index (χ4v) is 1.52. The Morgan fingerprint density at radius 2 is 2.36 bits per heavy atom. The number of aliphatic imine (C=N–C) groups is 1.